The van der Waals surface area contributed by atoms with E-state index in [4.69, 9.17) is 4.42 Å². The predicted octanol–water partition coefficient (Wildman–Crippen LogP) is 4.43. The Morgan fingerprint density at radius 1 is 1.47 bits per heavy atom. The molecule has 1 unspecified atom stereocenters. The molecule has 17 heavy (non-hydrogen) atoms. The van der Waals surface area contributed by atoms with Crippen LogP contribution in [0.4, 0.5) is 13.2 Å². The second-order valence-electron chi connectivity index (χ2n) is 3.79. The molecule has 1 aromatic heterocycles. The van der Waals surface area contributed by atoms with Crippen LogP contribution < -0.4 is 5.32 Å². The molecule has 98 valence electrons. The van der Waals surface area contributed by atoms with Crippen molar-refractivity contribution in [2.75, 3.05) is 6.54 Å². The zero-order chi connectivity index (χ0) is 12.9. The van der Waals surface area contributed by atoms with Crippen molar-refractivity contribution in [1.29, 1.82) is 0 Å². The summed E-state index contributed by atoms with van der Waals surface area (Å²) < 4.78 is 42.5. The van der Waals surface area contributed by atoms with Crippen LogP contribution in [0.5, 0.6) is 0 Å². The summed E-state index contributed by atoms with van der Waals surface area (Å²) in [6.07, 6.45) is -2.64. The van der Waals surface area contributed by atoms with E-state index in [0.29, 0.717) is 16.8 Å². The summed E-state index contributed by atoms with van der Waals surface area (Å²) in [5.74, 6) is 0.530. The van der Waals surface area contributed by atoms with Gasteiger partial charge in [-0.25, -0.2) is 0 Å². The van der Waals surface area contributed by atoms with Crippen LogP contribution in [0, 0.1) is 0 Å². The zero-order valence-electron chi connectivity index (χ0n) is 9.48. The Balaban J connectivity index is 2.64. The summed E-state index contributed by atoms with van der Waals surface area (Å²) in [7, 11) is 0. The molecule has 1 rings (SSSR count). The van der Waals surface area contributed by atoms with E-state index in [9.17, 15) is 13.2 Å². The molecule has 1 aromatic rings. The van der Waals surface area contributed by atoms with Crippen LogP contribution in [0.1, 0.15) is 38.0 Å². The van der Waals surface area contributed by atoms with Gasteiger partial charge in [-0.1, -0.05) is 6.92 Å². The van der Waals surface area contributed by atoms with E-state index in [2.05, 4.69) is 21.2 Å². The maximum atomic E-state index is 12.2. The Kier molecular flexibility index (Phi) is 5.52. The van der Waals surface area contributed by atoms with Crippen LogP contribution >= 0.6 is 15.9 Å². The second kappa shape index (κ2) is 6.44. The van der Waals surface area contributed by atoms with E-state index in [1.807, 2.05) is 6.92 Å². The molecule has 0 saturated carbocycles. The highest BCUT2D eigenvalue weighted by molar-refractivity contribution is 9.10. The van der Waals surface area contributed by atoms with E-state index in [0.717, 1.165) is 6.42 Å². The molecule has 0 saturated heterocycles. The molecular formula is C11H15BrF3NO. The van der Waals surface area contributed by atoms with Crippen LogP contribution in [0.3, 0.4) is 0 Å². The van der Waals surface area contributed by atoms with Gasteiger partial charge in [0.05, 0.1) is 16.8 Å². The molecule has 6 heteroatoms. The molecule has 0 aromatic carbocycles. The molecule has 0 aliphatic heterocycles. The molecule has 0 radical (unpaired) electrons. The van der Waals surface area contributed by atoms with Crippen molar-refractivity contribution in [3.8, 4) is 0 Å². The molecule has 1 heterocycles. The van der Waals surface area contributed by atoms with E-state index >= 15 is 0 Å². The van der Waals surface area contributed by atoms with Crippen molar-refractivity contribution >= 4 is 15.9 Å². The molecular weight excluding hydrogens is 299 g/mol. The third kappa shape index (κ3) is 5.12. The Hall–Kier alpha value is -0.490. The molecule has 2 nitrogen and oxygen atoms in total. The normalized spacial score (nSPS) is 13.9. The van der Waals surface area contributed by atoms with Crippen molar-refractivity contribution in [2.24, 2.45) is 0 Å². The molecule has 1 atom stereocenters. The molecule has 1 N–H and O–H groups in total. The number of nitrogens with one attached hydrogen (secondary N) is 1. The third-order valence-electron chi connectivity index (χ3n) is 2.32. The van der Waals surface area contributed by atoms with Crippen molar-refractivity contribution in [2.45, 2.75) is 38.4 Å². The van der Waals surface area contributed by atoms with Gasteiger partial charge >= 0.3 is 6.18 Å². The van der Waals surface area contributed by atoms with Crippen LogP contribution in [-0.4, -0.2) is 12.7 Å². The lowest BCUT2D eigenvalue weighted by Gasteiger charge is -2.17. The topological polar surface area (TPSA) is 25.2 Å². The number of hydrogen-bond acceptors (Lipinski definition) is 2. The Bertz CT molecular complexity index is 338. The first-order valence-corrected chi connectivity index (χ1v) is 6.26. The van der Waals surface area contributed by atoms with Gasteiger partial charge < -0.3 is 9.73 Å². The first-order chi connectivity index (χ1) is 7.94. The fraction of sp³-hybridized carbons (Fsp3) is 0.636. The lowest BCUT2D eigenvalue weighted by Crippen LogP contribution is -2.24. The van der Waals surface area contributed by atoms with E-state index < -0.39 is 18.6 Å². The first kappa shape index (κ1) is 14.6. The van der Waals surface area contributed by atoms with Crippen molar-refractivity contribution < 1.29 is 17.6 Å². The number of halogens is 4. The van der Waals surface area contributed by atoms with Gasteiger partial charge in [-0.2, -0.15) is 13.2 Å². The summed E-state index contributed by atoms with van der Waals surface area (Å²) >= 11 is 3.26. The summed E-state index contributed by atoms with van der Waals surface area (Å²) in [6, 6.07) is 1.28. The summed E-state index contributed by atoms with van der Waals surface area (Å²) in [4.78, 5) is 0. The van der Waals surface area contributed by atoms with Gasteiger partial charge in [-0.15, -0.1) is 0 Å². The minimum absolute atomic E-state index is 0.0182. The minimum atomic E-state index is -4.13. The smallest absolute Gasteiger partial charge is 0.389 e. The predicted molar refractivity (Wildman–Crippen MR) is 62.7 cm³/mol. The monoisotopic (exact) mass is 313 g/mol. The van der Waals surface area contributed by atoms with Crippen LogP contribution in [0.2, 0.25) is 0 Å². The maximum Gasteiger partial charge on any atom is 0.389 e. The number of rotatable bonds is 6. The molecule has 0 aliphatic rings. The van der Waals surface area contributed by atoms with E-state index in [1.165, 1.54) is 6.26 Å². The highest BCUT2D eigenvalue weighted by Crippen LogP contribution is 2.31. The highest BCUT2D eigenvalue weighted by Gasteiger charge is 2.29. The van der Waals surface area contributed by atoms with Crippen molar-refractivity contribution in [3.05, 3.63) is 22.6 Å². The average molecular weight is 314 g/mol. The van der Waals surface area contributed by atoms with Gasteiger partial charge in [0.15, 0.2) is 0 Å². The highest BCUT2D eigenvalue weighted by atomic mass is 79.9. The van der Waals surface area contributed by atoms with Gasteiger partial charge in [0, 0.05) is 6.42 Å². The van der Waals surface area contributed by atoms with Crippen molar-refractivity contribution in [3.63, 3.8) is 0 Å². The quantitative estimate of drug-likeness (QED) is 0.840. The Morgan fingerprint density at radius 3 is 2.65 bits per heavy atom. The first-order valence-electron chi connectivity index (χ1n) is 5.47. The van der Waals surface area contributed by atoms with Crippen LogP contribution in [0.15, 0.2) is 21.2 Å². The standard InChI is InChI=1S/C11H15BrF3NO/c1-2-6-16-9(3-5-11(13,14)15)10-8(12)4-7-17-10/h4,7,9,16H,2-3,5-6H2,1H3. The van der Waals surface area contributed by atoms with Crippen LogP contribution in [-0.2, 0) is 0 Å². The fourth-order valence-corrected chi connectivity index (χ4v) is 1.98. The largest absolute Gasteiger partial charge is 0.466 e. The van der Waals surface area contributed by atoms with Gasteiger partial charge in [-0.05, 0) is 41.4 Å². The summed E-state index contributed by atoms with van der Waals surface area (Å²) in [5, 5.41) is 3.06. The van der Waals surface area contributed by atoms with E-state index in [-0.39, 0.29) is 6.42 Å². The third-order valence-corrected chi connectivity index (χ3v) is 2.97. The molecule has 0 spiro atoms. The Morgan fingerprint density at radius 2 is 2.18 bits per heavy atom. The Labute approximate surface area is 107 Å². The van der Waals surface area contributed by atoms with Crippen molar-refractivity contribution in [1.82, 2.24) is 5.32 Å². The fourth-order valence-electron chi connectivity index (χ4n) is 1.51. The lowest BCUT2D eigenvalue weighted by atomic mass is 10.1. The van der Waals surface area contributed by atoms with E-state index in [1.54, 1.807) is 6.07 Å². The molecule has 0 fully saturated rings. The SMILES string of the molecule is CCCNC(CCC(F)(F)F)c1occc1Br. The van der Waals surface area contributed by atoms with Crippen LogP contribution in [0.25, 0.3) is 0 Å². The second-order valence-corrected chi connectivity index (χ2v) is 4.65. The van der Waals surface area contributed by atoms with Gasteiger partial charge in [0.1, 0.15) is 5.76 Å². The zero-order valence-corrected chi connectivity index (χ0v) is 11.1. The average Bonchev–Trinajstić information content (AvgIpc) is 2.63. The molecule has 0 amide bonds. The van der Waals surface area contributed by atoms with Gasteiger partial charge in [0.2, 0.25) is 0 Å². The number of hydrogen-bond donors (Lipinski definition) is 1. The molecule has 0 aliphatic carbocycles. The lowest BCUT2D eigenvalue weighted by molar-refractivity contribution is -0.136. The molecule has 0 bridgehead atoms. The maximum absolute atomic E-state index is 12.2. The number of furan rings is 1. The number of alkyl halides is 3. The summed E-state index contributed by atoms with van der Waals surface area (Å²) in [5.41, 5.74) is 0. The summed E-state index contributed by atoms with van der Waals surface area (Å²) in [6.45, 7) is 2.63. The van der Waals surface area contributed by atoms with Gasteiger partial charge in [-0.3, -0.25) is 0 Å². The van der Waals surface area contributed by atoms with Gasteiger partial charge in [0.25, 0.3) is 0 Å². The minimum Gasteiger partial charge on any atom is -0.466 e.